The fourth-order valence-corrected chi connectivity index (χ4v) is 30.1. The van der Waals surface area contributed by atoms with E-state index in [1.807, 2.05) is 0 Å². The summed E-state index contributed by atoms with van der Waals surface area (Å²) in [5.41, 5.74) is 7.86. The number of hydrogen-bond acceptors (Lipinski definition) is 0. The van der Waals surface area contributed by atoms with Gasteiger partial charge in [-0.2, -0.15) is 0 Å². The third kappa shape index (κ3) is 31.5. The van der Waals surface area contributed by atoms with Crippen LogP contribution in [0.2, 0.25) is 0 Å². The van der Waals surface area contributed by atoms with Crippen molar-refractivity contribution in [1.82, 2.24) is 0 Å². The van der Waals surface area contributed by atoms with E-state index in [1.54, 1.807) is 32.1 Å². The Morgan fingerprint density at radius 3 is 0.991 bits per heavy atom. The van der Waals surface area contributed by atoms with Gasteiger partial charge in [0, 0.05) is 0 Å². The highest BCUT2D eigenvalue weighted by Crippen LogP contribution is 2.61. The van der Waals surface area contributed by atoms with Crippen LogP contribution in [0.3, 0.4) is 0 Å². The Labute approximate surface area is 697 Å². The van der Waals surface area contributed by atoms with Gasteiger partial charge in [-0.15, -0.1) is 0 Å². The van der Waals surface area contributed by atoms with Crippen LogP contribution in [0.5, 0.6) is 0 Å². The van der Waals surface area contributed by atoms with E-state index in [2.05, 4.69) is 263 Å². The summed E-state index contributed by atoms with van der Waals surface area (Å²) in [6.07, 6.45) is 57.3. The summed E-state index contributed by atoms with van der Waals surface area (Å²) in [7, 11) is 0. The molecule has 110 heavy (non-hydrogen) atoms. The molecule has 0 amide bonds. The summed E-state index contributed by atoms with van der Waals surface area (Å²) in [4.78, 5) is 0. The number of fused-ring (bicyclic) bond motifs is 8. The maximum Gasteiger partial charge on any atom is -0.0297 e. The van der Waals surface area contributed by atoms with Gasteiger partial charge in [0.15, 0.2) is 0 Å². The highest BCUT2D eigenvalue weighted by atomic mass is 14.6. The Kier molecular flexibility index (Phi) is 37.1. The molecule has 15 saturated carbocycles. The van der Waals surface area contributed by atoms with Gasteiger partial charge in [0.1, 0.15) is 0 Å². The van der Waals surface area contributed by atoms with E-state index in [0.29, 0.717) is 65.0 Å². The lowest BCUT2D eigenvalue weighted by Gasteiger charge is -2.49. The van der Waals surface area contributed by atoms with Gasteiger partial charge >= 0.3 is 0 Å². The maximum atomic E-state index is 2.48. The van der Waals surface area contributed by atoms with Crippen LogP contribution in [0, 0.1) is 189 Å². The highest BCUT2D eigenvalue weighted by molar-refractivity contribution is 5.01. The zero-order valence-corrected chi connectivity index (χ0v) is 83.6. The topological polar surface area (TPSA) is 0 Å². The molecule has 0 spiro atoms. The van der Waals surface area contributed by atoms with Gasteiger partial charge in [-0.25, -0.2) is 0 Å². The molecular weight excluding hydrogens is 1320 g/mol. The zero-order chi connectivity index (χ0) is 83.6. The molecule has 0 aromatic carbocycles. The van der Waals surface area contributed by atoms with Gasteiger partial charge in [-0.1, -0.05) is 340 Å². The van der Waals surface area contributed by atoms with Gasteiger partial charge in [0.25, 0.3) is 0 Å². The van der Waals surface area contributed by atoms with Crippen LogP contribution in [0.1, 0.15) is 514 Å². The first-order valence-electron chi connectivity index (χ1n) is 50.1. The minimum atomic E-state index is 0.547. The predicted octanol–water partition coefficient (Wildman–Crippen LogP) is 37.2. The molecule has 652 valence electrons. The molecule has 15 aliphatic carbocycles. The molecule has 15 unspecified atom stereocenters. The van der Waals surface area contributed by atoms with Crippen LogP contribution in [0.25, 0.3) is 0 Å². The molecule has 8 bridgehead atoms. The minimum absolute atomic E-state index is 0.547. The lowest BCUT2D eigenvalue weighted by atomic mass is 9.56. The molecule has 0 nitrogen and oxygen atoms in total. The minimum Gasteiger partial charge on any atom is -0.0651 e. The second-order valence-electron chi connectivity index (χ2n) is 54.2. The van der Waals surface area contributed by atoms with E-state index in [-0.39, 0.29) is 0 Å². The van der Waals surface area contributed by atoms with Crippen molar-refractivity contribution in [1.29, 1.82) is 0 Å². The highest BCUT2D eigenvalue weighted by Gasteiger charge is 2.51. The molecular formula is C110H212. The monoisotopic (exact) mass is 1530 g/mol. The van der Waals surface area contributed by atoms with Crippen LogP contribution in [0.15, 0.2) is 0 Å². The second kappa shape index (κ2) is 40.6. The summed E-state index contributed by atoms with van der Waals surface area (Å²) < 4.78 is 0. The van der Waals surface area contributed by atoms with E-state index in [0.717, 1.165) is 124 Å². The summed E-state index contributed by atoms with van der Waals surface area (Å²) in [6.45, 7) is 91.6. The molecule has 0 heteroatoms. The van der Waals surface area contributed by atoms with E-state index in [9.17, 15) is 0 Å². The molecule has 15 aliphatic rings. The summed E-state index contributed by atoms with van der Waals surface area (Å²) in [5, 5.41) is 0. The molecule has 15 fully saturated rings. The van der Waals surface area contributed by atoms with Crippen LogP contribution < -0.4 is 0 Å². The predicted molar refractivity (Wildman–Crippen MR) is 497 cm³/mol. The van der Waals surface area contributed by atoms with Gasteiger partial charge in [0.2, 0.25) is 0 Å². The quantitative estimate of drug-likeness (QED) is 0.259. The smallest absolute Gasteiger partial charge is 0.0297 e. The fraction of sp³-hybridized carbons (Fsp3) is 1.00. The lowest BCUT2D eigenvalue weighted by molar-refractivity contribution is 0.0202. The summed E-state index contributed by atoms with van der Waals surface area (Å²) in [6, 6.07) is 0. The Morgan fingerprint density at radius 1 is 0.273 bits per heavy atom. The SMILES string of the molecule is CC1(C)CC(C)(C)CC(C)(C)C1.CC1C(C)(C)CCCC1(C)C.CC1C2CCC(C2)C1(C)C.CC1C2CCC(C2)C1C.CC1CC(C)(C)CC(C)(C)C1.CC1CC2CCC1(C)C2.CC1CCC(C)(C)CC1.CC1CCCC(C)C1C.CCC1CC(C)(C)CC(C)(C)C1.CCC1CC2CCC1C2.C[C@@H]1CCCCC1(C)C. The second-order valence-corrected chi connectivity index (χ2v) is 54.2. The van der Waals surface area contributed by atoms with Gasteiger partial charge in [-0.3, -0.25) is 0 Å². The van der Waals surface area contributed by atoms with Crippen molar-refractivity contribution in [3.8, 4) is 0 Å². The lowest BCUT2D eigenvalue weighted by Crippen LogP contribution is -2.38. The Morgan fingerprint density at radius 2 is 0.718 bits per heavy atom. The standard InChI is InChI=1S/2C12H24.2C11H22.C10H18.3C9H16.3C9H18/c1-10(2)7-11(3,4)9-12(5,6)8-10;1-6-10-7-11(2,3)9-12(4,5)8-10;1-9-6-10(2,3)8-11(4,5)7-9;1-9-10(2,3)7-6-8-11(9,4)5;1-7-8-4-5-9(6-8)10(7,2)3;1-7-5-8-3-4-9(7,2)6-8;1-6-7(2)9-4-3-8(6)5-9;1-2-8-5-7-3-4-9(8)6-7;1-8-4-6-9(2,3)7-5-8;1-8-6-4-5-7-9(8,2)3;1-7-5-4-6-8(2)9(7)3/h7-9H2,1-6H3;10H,6-9H2,1-5H3;2*9H,6-8H2,1-5H3;7-9H,4-6H2,1-3H3;7-8H,3-6H2,1-2H3;6-9H,3-5H2,1-2H3;7-9H,2-6H2,1H3;2*8H,4-7H2,1-3H3;7-9H,4-6H2,1-3H3/t;;;;;;;;;8-;/m.........1./s1. The molecule has 0 N–H and O–H groups in total. The average molecular weight is 1530 g/mol. The van der Waals surface area contributed by atoms with E-state index < -0.39 is 0 Å². The molecule has 0 aromatic rings. The Balaban J connectivity index is 0.000000217. The van der Waals surface area contributed by atoms with Crippen molar-refractivity contribution >= 4 is 0 Å². The first kappa shape index (κ1) is 101. The van der Waals surface area contributed by atoms with Crippen LogP contribution in [-0.4, -0.2) is 0 Å². The molecule has 0 heterocycles. The molecule has 15 rings (SSSR count). The van der Waals surface area contributed by atoms with Gasteiger partial charge in [0.05, 0.1) is 0 Å². The van der Waals surface area contributed by atoms with Crippen LogP contribution >= 0.6 is 0 Å². The van der Waals surface area contributed by atoms with Crippen molar-refractivity contribution in [3.63, 3.8) is 0 Å². The zero-order valence-electron chi connectivity index (χ0n) is 83.6. The van der Waals surface area contributed by atoms with Crippen molar-refractivity contribution in [3.05, 3.63) is 0 Å². The summed E-state index contributed by atoms with van der Waals surface area (Å²) >= 11 is 0. The Hall–Kier alpha value is 0. The van der Waals surface area contributed by atoms with Crippen LogP contribution in [-0.2, 0) is 0 Å². The first-order valence-corrected chi connectivity index (χ1v) is 50.1. The maximum absolute atomic E-state index is 2.48. The first-order chi connectivity index (χ1) is 50.1. The van der Waals surface area contributed by atoms with Crippen molar-refractivity contribution in [2.24, 2.45) is 189 Å². The van der Waals surface area contributed by atoms with E-state index in [4.69, 9.17) is 0 Å². The molecule has 0 radical (unpaired) electrons. The van der Waals surface area contributed by atoms with E-state index in [1.165, 1.54) is 218 Å². The molecule has 0 aromatic heterocycles. The normalized spacial score (nSPS) is 39.2. The van der Waals surface area contributed by atoms with E-state index >= 15 is 0 Å². The number of rotatable bonds is 2. The van der Waals surface area contributed by atoms with Crippen molar-refractivity contribution in [2.75, 3.05) is 0 Å². The molecule has 0 saturated heterocycles. The number of hydrogen-bond donors (Lipinski definition) is 0. The molecule has 16 atom stereocenters. The largest absolute Gasteiger partial charge is 0.0651 e. The van der Waals surface area contributed by atoms with Crippen molar-refractivity contribution < 1.29 is 0 Å². The fourth-order valence-electron chi connectivity index (χ4n) is 30.1. The van der Waals surface area contributed by atoms with Crippen LogP contribution in [0.4, 0.5) is 0 Å². The third-order valence-corrected chi connectivity index (χ3v) is 37.0. The summed E-state index contributed by atoms with van der Waals surface area (Å²) in [5.74, 6) is 20.7. The molecule has 0 aliphatic heterocycles. The average Bonchev–Trinajstić information content (AvgIpc) is 1.69. The van der Waals surface area contributed by atoms with Crippen molar-refractivity contribution in [2.45, 2.75) is 514 Å². The van der Waals surface area contributed by atoms with Gasteiger partial charge < -0.3 is 0 Å². The third-order valence-electron chi connectivity index (χ3n) is 37.0. The Bertz CT molecular complexity index is 2450. The van der Waals surface area contributed by atoms with Gasteiger partial charge in [-0.05, 0) is 362 Å².